The number of ketones is 1. The van der Waals surface area contributed by atoms with E-state index in [2.05, 4.69) is 0 Å². The summed E-state index contributed by atoms with van der Waals surface area (Å²) in [5.41, 5.74) is 0.593. The fraction of sp³-hybridized carbons (Fsp3) is 0.556. The summed E-state index contributed by atoms with van der Waals surface area (Å²) in [5, 5.41) is 11.4. The lowest BCUT2D eigenvalue weighted by Crippen LogP contribution is -2.51. The molecule has 1 aromatic carbocycles. The van der Waals surface area contributed by atoms with E-state index in [0.29, 0.717) is 30.3 Å². The van der Waals surface area contributed by atoms with E-state index in [1.807, 2.05) is 4.90 Å². The molecule has 1 aliphatic heterocycles. The van der Waals surface area contributed by atoms with Crippen molar-refractivity contribution in [1.82, 2.24) is 4.90 Å². The van der Waals surface area contributed by atoms with Gasteiger partial charge in [0.15, 0.2) is 5.78 Å². The van der Waals surface area contributed by atoms with Crippen LogP contribution >= 0.6 is 0 Å². The molecule has 7 nitrogen and oxygen atoms in total. The molecule has 0 N–H and O–H groups in total. The van der Waals surface area contributed by atoms with E-state index in [-0.39, 0.29) is 23.9 Å². The molecule has 1 aromatic rings. The molecule has 0 spiro atoms. The third kappa shape index (κ3) is 3.81. The van der Waals surface area contributed by atoms with Gasteiger partial charge in [-0.1, -0.05) is 12.8 Å². The Labute approximate surface area is 146 Å². The summed E-state index contributed by atoms with van der Waals surface area (Å²) < 4.78 is 0. The summed E-state index contributed by atoms with van der Waals surface area (Å²) in [7, 11) is 0. The van der Waals surface area contributed by atoms with Crippen LogP contribution in [0.4, 0.5) is 11.4 Å². The van der Waals surface area contributed by atoms with Crippen molar-refractivity contribution < 1.29 is 14.5 Å². The van der Waals surface area contributed by atoms with Gasteiger partial charge in [-0.2, -0.15) is 0 Å². The van der Waals surface area contributed by atoms with Crippen LogP contribution in [0.5, 0.6) is 0 Å². The highest BCUT2D eigenvalue weighted by Gasteiger charge is 2.30. The Morgan fingerprint density at radius 2 is 2.00 bits per heavy atom. The highest BCUT2D eigenvalue weighted by Crippen LogP contribution is 2.31. The zero-order chi connectivity index (χ0) is 18.0. The molecule has 25 heavy (non-hydrogen) atoms. The lowest BCUT2D eigenvalue weighted by molar-refractivity contribution is -0.384. The molecule has 134 valence electrons. The summed E-state index contributed by atoms with van der Waals surface area (Å²) in [5.74, 6) is 0.398. The number of nitro groups is 1. The van der Waals surface area contributed by atoms with Crippen molar-refractivity contribution >= 4 is 23.1 Å². The van der Waals surface area contributed by atoms with Gasteiger partial charge in [-0.05, 0) is 37.8 Å². The number of nitrogens with zero attached hydrogens (tertiary/aromatic N) is 3. The quantitative estimate of drug-likeness (QED) is 0.465. The third-order valence-corrected chi connectivity index (χ3v) is 5.19. The van der Waals surface area contributed by atoms with Crippen LogP contribution in [0.2, 0.25) is 0 Å². The highest BCUT2D eigenvalue weighted by atomic mass is 16.6. The van der Waals surface area contributed by atoms with Gasteiger partial charge in [0.1, 0.15) is 5.69 Å². The van der Waals surface area contributed by atoms with Crippen LogP contribution in [0, 0.1) is 16.0 Å². The van der Waals surface area contributed by atoms with Gasteiger partial charge < -0.3 is 9.80 Å². The first-order valence-electron chi connectivity index (χ1n) is 8.78. The van der Waals surface area contributed by atoms with Crippen molar-refractivity contribution in [3.63, 3.8) is 0 Å². The maximum absolute atomic E-state index is 12.5. The normalized spacial score (nSPS) is 18.7. The van der Waals surface area contributed by atoms with E-state index in [1.165, 1.54) is 38.7 Å². The average molecular weight is 345 g/mol. The molecular weight excluding hydrogens is 322 g/mol. The van der Waals surface area contributed by atoms with Crippen LogP contribution in [0.3, 0.4) is 0 Å². The maximum Gasteiger partial charge on any atom is 0.293 e. The second-order valence-corrected chi connectivity index (χ2v) is 6.93. The van der Waals surface area contributed by atoms with Gasteiger partial charge in [0, 0.05) is 31.3 Å². The molecule has 0 radical (unpaired) electrons. The zero-order valence-corrected chi connectivity index (χ0v) is 14.4. The molecule has 1 saturated carbocycles. The number of Topliss-reactive ketones (excluding diaryl/α,β-unsaturated/α-hetero) is 1. The lowest BCUT2D eigenvalue weighted by atomic mass is 10.1. The molecule has 3 rings (SSSR count). The standard InChI is InChI=1S/C18H23N3O4/c1-13(22)15-6-7-16(17(10-15)21(24)25)19-8-9-20(18(23)12-19)11-14-4-2-3-5-14/h6-7,10,14H,2-5,8-9,11-12H2,1H3. The number of carbonyl (C=O) groups is 2. The number of hydrogen-bond acceptors (Lipinski definition) is 5. The van der Waals surface area contributed by atoms with Gasteiger partial charge in [-0.3, -0.25) is 19.7 Å². The molecule has 1 heterocycles. The third-order valence-electron chi connectivity index (χ3n) is 5.19. The van der Waals surface area contributed by atoms with Crippen molar-refractivity contribution in [2.24, 2.45) is 5.92 Å². The zero-order valence-electron chi connectivity index (χ0n) is 14.4. The smallest absolute Gasteiger partial charge is 0.293 e. The molecule has 2 fully saturated rings. The second kappa shape index (κ2) is 7.21. The van der Waals surface area contributed by atoms with Crippen LogP contribution in [-0.4, -0.2) is 47.7 Å². The lowest BCUT2D eigenvalue weighted by Gasteiger charge is -2.36. The van der Waals surface area contributed by atoms with Gasteiger partial charge >= 0.3 is 0 Å². The number of rotatable bonds is 5. The fourth-order valence-corrected chi connectivity index (χ4v) is 3.77. The minimum atomic E-state index is -0.489. The molecule has 2 aliphatic rings. The van der Waals surface area contributed by atoms with E-state index in [4.69, 9.17) is 0 Å². The van der Waals surface area contributed by atoms with Crippen molar-refractivity contribution in [1.29, 1.82) is 0 Å². The van der Waals surface area contributed by atoms with Crippen molar-refractivity contribution in [2.45, 2.75) is 32.6 Å². The first kappa shape index (κ1) is 17.4. The van der Waals surface area contributed by atoms with Crippen molar-refractivity contribution in [3.05, 3.63) is 33.9 Å². The van der Waals surface area contributed by atoms with Crippen molar-refractivity contribution in [2.75, 3.05) is 31.1 Å². The number of benzene rings is 1. The SMILES string of the molecule is CC(=O)c1ccc(N2CCN(CC3CCCC3)C(=O)C2)c([N+](=O)[O-])c1. The van der Waals surface area contributed by atoms with Gasteiger partial charge in [0.25, 0.3) is 5.69 Å². The molecule has 0 atom stereocenters. The Morgan fingerprint density at radius 3 is 2.60 bits per heavy atom. The highest BCUT2D eigenvalue weighted by molar-refractivity contribution is 5.96. The first-order chi connectivity index (χ1) is 12.0. The number of carbonyl (C=O) groups excluding carboxylic acids is 2. The van der Waals surface area contributed by atoms with Crippen LogP contribution in [0.15, 0.2) is 18.2 Å². The summed E-state index contributed by atoms with van der Waals surface area (Å²) in [6.45, 7) is 3.48. The molecule has 0 unspecified atom stereocenters. The predicted molar refractivity (Wildman–Crippen MR) is 93.9 cm³/mol. The Hall–Kier alpha value is -2.44. The topological polar surface area (TPSA) is 83.8 Å². The Kier molecular flexibility index (Phi) is 5.01. The van der Waals surface area contributed by atoms with E-state index in [0.717, 1.165) is 6.54 Å². The fourth-order valence-electron chi connectivity index (χ4n) is 3.77. The van der Waals surface area contributed by atoms with E-state index in [1.54, 1.807) is 17.0 Å². The molecular formula is C18H23N3O4. The first-order valence-corrected chi connectivity index (χ1v) is 8.78. The van der Waals surface area contributed by atoms with Crippen LogP contribution in [-0.2, 0) is 4.79 Å². The number of piperazine rings is 1. The summed E-state index contributed by atoms with van der Waals surface area (Å²) in [4.78, 5) is 38.5. The molecule has 7 heteroatoms. The Bertz CT molecular complexity index is 698. The minimum absolute atomic E-state index is 0.0168. The number of anilines is 1. The largest absolute Gasteiger partial charge is 0.355 e. The van der Waals surface area contributed by atoms with Crippen LogP contribution in [0.25, 0.3) is 0 Å². The Morgan fingerprint density at radius 1 is 1.28 bits per heavy atom. The summed E-state index contributed by atoms with van der Waals surface area (Å²) in [6, 6.07) is 4.46. The number of amides is 1. The molecule has 1 aliphatic carbocycles. The monoisotopic (exact) mass is 345 g/mol. The molecule has 1 saturated heterocycles. The minimum Gasteiger partial charge on any atom is -0.355 e. The molecule has 0 bridgehead atoms. The van der Waals surface area contributed by atoms with E-state index < -0.39 is 4.92 Å². The van der Waals surface area contributed by atoms with Gasteiger partial charge in [-0.25, -0.2) is 0 Å². The maximum atomic E-state index is 12.5. The van der Waals surface area contributed by atoms with Crippen LogP contribution < -0.4 is 4.90 Å². The van der Waals surface area contributed by atoms with E-state index in [9.17, 15) is 19.7 Å². The van der Waals surface area contributed by atoms with Gasteiger partial charge in [-0.15, -0.1) is 0 Å². The van der Waals surface area contributed by atoms with Gasteiger partial charge in [0.05, 0.1) is 11.5 Å². The summed E-state index contributed by atoms with van der Waals surface area (Å²) >= 11 is 0. The predicted octanol–water partition coefficient (Wildman–Crippen LogP) is 2.64. The average Bonchev–Trinajstić information content (AvgIpc) is 3.09. The van der Waals surface area contributed by atoms with Crippen molar-refractivity contribution in [3.8, 4) is 0 Å². The Balaban J connectivity index is 1.74. The number of hydrogen-bond donors (Lipinski definition) is 0. The van der Waals surface area contributed by atoms with Crippen LogP contribution in [0.1, 0.15) is 43.0 Å². The van der Waals surface area contributed by atoms with Gasteiger partial charge in [0.2, 0.25) is 5.91 Å². The van der Waals surface area contributed by atoms with E-state index >= 15 is 0 Å². The molecule has 0 aromatic heterocycles. The number of nitro benzene ring substituents is 1. The summed E-state index contributed by atoms with van der Waals surface area (Å²) in [6.07, 6.45) is 4.86. The second-order valence-electron chi connectivity index (χ2n) is 6.93. The molecule has 1 amide bonds.